The molecule has 0 bridgehead atoms. The molecule has 0 N–H and O–H groups in total. The first kappa shape index (κ1) is 12.4. The van der Waals surface area contributed by atoms with E-state index < -0.39 is 0 Å². The van der Waals surface area contributed by atoms with E-state index >= 15 is 0 Å². The Hall–Kier alpha value is -1.68. The summed E-state index contributed by atoms with van der Waals surface area (Å²) in [5.41, 5.74) is 3.48. The molecule has 0 atom stereocenters. The van der Waals surface area contributed by atoms with Crippen molar-refractivity contribution in [1.29, 1.82) is 0 Å². The Morgan fingerprint density at radius 2 is 2.00 bits per heavy atom. The molecule has 3 aromatic rings. The Kier molecular flexibility index (Phi) is 2.90. The minimum Gasteiger partial charge on any atom is -0.324 e. The molecule has 1 aromatic carbocycles. The van der Waals surface area contributed by atoms with Gasteiger partial charge >= 0.3 is 0 Å². The molecule has 3 nitrogen and oxygen atoms in total. The van der Waals surface area contributed by atoms with Crippen LogP contribution in [0, 0.1) is 0 Å². The lowest BCUT2D eigenvalue weighted by atomic mass is 9.93. The van der Waals surface area contributed by atoms with Crippen LogP contribution in [0.1, 0.15) is 31.5 Å². The van der Waals surface area contributed by atoms with Crippen molar-refractivity contribution in [1.82, 2.24) is 14.5 Å². The lowest BCUT2D eigenvalue weighted by Crippen LogP contribution is -2.11. The third-order valence-electron chi connectivity index (χ3n) is 3.15. The van der Waals surface area contributed by atoms with Crippen LogP contribution in [0.3, 0.4) is 0 Å². The molecule has 0 unspecified atom stereocenters. The standard InChI is InChI=1S/C15H17N3S/c1-15(2,3)13-9-19-14(17-13)8-18-10-16-11-6-4-5-7-12(11)18/h4-7,9-10H,8H2,1-3H3. The Morgan fingerprint density at radius 1 is 1.21 bits per heavy atom. The number of para-hydroxylation sites is 2. The van der Waals surface area contributed by atoms with Crippen molar-refractivity contribution < 1.29 is 0 Å². The largest absolute Gasteiger partial charge is 0.324 e. The van der Waals surface area contributed by atoms with Gasteiger partial charge in [-0.05, 0) is 12.1 Å². The number of aromatic nitrogens is 3. The summed E-state index contributed by atoms with van der Waals surface area (Å²) in [6.07, 6.45) is 1.89. The fourth-order valence-electron chi connectivity index (χ4n) is 2.01. The minimum atomic E-state index is 0.117. The number of fused-ring (bicyclic) bond motifs is 1. The second-order valence-electron chi connectivity index (χ2n) is 5.74. The number of hydrogen-bond donors (Lipinski definition) is 0. The third-order valence-corrected chi connectivity index (χ3v) is 3.99. The van der Waals surface area contributed by atoms with Gasteiger partial charge in [-0.1, -0.05) is 32.9 Å². The predicted molar refractivity (Wildman–Crippen MR) is 79.6 cm³/mol. The summed E-state index contributed by atoms with van der Waals surface area (Å²) in [5.74, 6) is 0. The molecule has 0 aliphatic rings. The Labute approximate surface area is 116 Å². The number of benzene rings is 1. The van der Waals surface area contributed by atoms with Gasteiger partial charge in [0.15, 0.2) is 0 Å². The maximum atomic E-state index is 4.73. The van der Waals surface area contributed by atoms with Gasteiger partial charge in [0.2, 0.25) is 0 Å². The van der Waals surface area contributed by atoms with Crippen molar-refractivity contribution >= 4 is 22.4 Å². The van der Waals surface area contributed by atoms with Crippen molar-refractivity contribution in [3.63, 3.8) is 0 Å². The van der Waals surface area contributed by atoms with Crippen LogP contribution in [-0.4, -0.2) is 14.5 Å². The lowest BCUT2D eigenvalue weighted by Gasteiger charge is -2.14. The third kappa shape index (κ3) is 2.40. The molecule has 0 saturated heterocycles. The van der Waals surface area contributed by atoms with Gasteiger partial charge in [0.05, 0.1) is 29.6 Å². The van der Waals surface area contributed by atoms with E-state index in [9.17, 15) is 0 Å². The van der Waals surface area contributed by atoms with Crippen LogP contribution in [0.5, 0.6) is 0 Å². The molecule has 4 heteroatoms. The highest BCUT2D eigenvalue weighted by Gasteiger charge is 2.17. The molecule has 0 aliphatic heterocycles. The quantitative estimate of drug-likeness (QED) is 0.709. The molecule has 0 amide bonds. The zero-order valence-electron chi connectivity index (χ0n) is 11.4. The van der Waals surface area contributed by atoms with Crippen LogP contribution in [-0.2, 0) is 12.0 Å². The van der Waals surface area contributed by atoms with Gasteiger partial charge in [0, 0.05) is 10.8 Å². The van der Waals surface area contributed by atoms with E-state index in [1.807, 2.05) is 24.5 Å². The van der Waals surface area contributed by atoms with E-state index in [-0.39, 0.29) is 5.41 Å². The Bertz CT molecular complexity index is 703. The summed E-state index contributed by atoms with van der Waals surface area (Å²) in [6.45, 7) is 7.37. The first-order valence-electron chi connectivity index (χ1n) is 6.39. The molecule has 19 heavy (non-hydrogen) atoms. The summed E-state index contributed by atoms with van der Waals surface area (Å²) < 4.78 is 2.15. The van der Waals surface area contributed by atoms with E-state index in [1.54, 1.807) is 11.3 Å². The normalized spacial score (nSPS) is 12.2. The summed E-state index contributed by atoms with van der Waals surface area (Å²) >= 11 is 1.72. The predicted octanol–water partition coefficient (Wildman–Crippen LogP) is 3.84. The summed E-state index contributed by atoms with van der Waals surface area (Å²) in [7, 11) is 0. The highest BCUT2D eigenvalue weighted by molar-refractivity contribution is 7.09. The first-order valence-corrected chi connectivity index (χ1v) is 7.27. The van der Waals surface area contributed by atoms with Gasteiger partial charge in [0.1, 0.15) is 5.01 Å². The Morgan fingerprint density at radius 3 is 2.74 bits per heavy atom. The SMILES string of the molecule is CC(C)(C)c1csc(Cn2cnc3ccccc32)n1. The molecule has 2 heterocycles. The number of hydrogen-bond acceptors (Lipinski definition) is 3. The zero-order valence-corrected chi connectivity index (χ0v) is 12.2. The number of imidazole rings is 1. The monoisotopic (exact) mass is 271 g/mol. The van der Waals surface area contributed by atoms with Crippen molar-refractivity contribution in [2.45, 2.75) is 32.7 Å². The van der Waals surface area contributed by atoms with Crippen LogP contribution < -0.4 is 0 Å². The van der Waals surface area contributed by atoms with Gasteiger partial charge in [-0.25, -0.2) is 9.97 Å². The fraction of sp³-hybridized carbons (Fsp3) is 0.333. The lowest BCUT2D eigenvalue weighted by molar-refractivity contribution is 0.570. The van der Waals surface area contributed by atoms with Crippen LogP contribution in [0.15, 0.2) is 36.0 Å². The topological polar surface area (TPSA) is 30.7 Å². The van der Waals surface area contributed by atoms with Gasteiger partial charge < -0.3 is 4.57 Å². The molecular weight excluding hydrogens is 254 g/mol. The molecular formula is C15H17N3S. The van der Waals surface area contributed by atoms with Crippen LogP contribution in [0.2, 0.25) is 0 Å². The van der Waals surface area contributed by atoms with Gasteiger partial charge in [-0.3, -0.25) is 0 Å². The number of nitrogens with zero attached hydrogens (tertiary/aromatic N) is 3. The molecule has 2 aromatic heterocycles. The molecule has 0 fully saturated rings. The van der Waals surface area contributed by atoms with E-state index in [0.29, 0.717) is 0 Å². The number of thiazole rings is 1. The van der Waals surface area contributed by atoms with E-state index in [0.717, 1.165) is 28.3 Å². The highest BCUT2D eigenvalue weighted by atomic mass is 32.1. The fourth-order valence-corrected chi connectivity index (χ4v) is 3.03. The summed E-state index contributed by atoms with van der Waals surface area (Å²) in [6, 6.07) is 8.19. The zero-order chi connectivity index (χ0) is 13.5. The van der Waals surface area contributed by atoms with Gasteiger partial charge in [-0.2, -0.15) is 0 Å². The van der Waals surface area contributed by atoms with E-state index in [1.165, 1.54) is 0 Å². The van der Waals surface area contributed by atoms with Crippen LogP contribution in [0.25, 0.3) is 11.0 Å². The van der Waals surface area contributed by atoms with E-state index in [4.69, 9.17) is 4.98 Å². The van der Waals surface area contributed by atoms with E-state index in [2.05, 4.69) is 41.8 Å². The maximum Gasteiger partial charge on any atom is 0.113 e. The average Bonchev–Trinajstić information content (AvgIpc) is 2.97. The maximum absolute atomic E-state index is 4.73. The molecule has 3 rings (SSSR count). The van der Waals surface area contributed by atoms with Gasteiger partial charge in [-0.15, -0.1) is 11.3 Å². The minimum absolute atomic E-state index is 0.117. The molecule has 98 valence electrons. The smallest absolute Gasteiger partial charge is 0.113 e. The molecule has 0 saturated carbocycles. The summed E-state index contributed by atoms with van der Waals surface area (Å²) in [4.78, 5) is 9.14. The van der Waals surface area contributed by atoms with Crippen molar-refractivity contribution in [2.24, 2.45) is 0 Å². The van der Waals surface area contributed by atoms with Crippen molar-refractivity contribution in [2.75, 3.05) is 0 Å². The first-order chi connectivity index (χ1) is 9.04. The van der Waals surface area contributed by atoms with Crippen LogP contribution in [0.4, 0.5) is 0 Å². The molecule has 0 spiro atoms. The second-order valence-corrected chi connectivity index (χ2v) is 6.68. The molecule has 0 aliphatic carbocycles. The number of rotatable bonds is 2. The second kappa shape index (κ2) is 4.46. The highest BCUT2D eigenvalue weighted by Crippen LogP contribution is 2.24. The van der Waals surface area contributed by atoms with Crippen molar-refractivity contribution in [3.8, 4) is 0 Å². The van der Waals surface area contributed by atoms with Crippen LogP contribution >= 0.6 is 11.3 Å². The Balaban J connectivity index is 1.91. The van der Waals surface area contributed by atoms with Gasteiger partial charge in [0.25, 0.3) is 0 Å². The molecule has 0 radical (unpaired) electrons. The van der Waals surface area contributed by atoms with Crippen molar-refractivity contribution in [3.05, 3.63) is 46.7 Å². The summed E-state index contributed by atoms with van der Waals surface area (Å²) in [5, 5.41) is 3.29. The average molecular weight is 271 g/mol.